The molecule has 3 nitrogen and oxygen atoms in total. The second-order valence-electron chi connectivity index (χ2n) is 6.76. The number of nitrogens with zero attached hydrogens (tertiary/aromatic N) is 1. The molecule has 0 aliphatic rings. The second-order valence-corrected chi connectivity index (χ2v) is 7.68. The summed E-state index contributed by atoms with van der Waals surface area (Å²) in [6.45, 7) is 0. The molecular weight excluding hydrogens is 435 g/mol. The number of rotatable bonds is 6. The van der Waals surface area contributed by atoms with Gasteiger partial charge in [0.25, 0.3) is 0 Å². The highest BCUT2D eigenvalue weighted by Gasteiger charge is 2.31. The normalized spacial score (nSPS) is 11.9. The van der Waals surface area contributed by atoms with E-state index in [0.717, 1.165) is 27.4 Å². The SMILES string of the molecule is Cn1c(Cc2ccc(Br)cc2)c(CCCC(=O)O)c2cc(C(F)(F)F)ccc21. The van der Waals surface area contributed by atoms with Crippen molar-refractivity contribution in [3.8, 4) is 0 Å². The van der Waals surface area contributed by atoms with Gasteiger partial charge in [0.05, 0.1) is 5.56 Å². The number of alkyl halides is 3. The molecule has 0 bridgehead atoms. The summed E-state index contributed by atoms with van der Waals surface area (Å²) < 4.78 is 42.5. The molecule has 7 heteroatoms. The number of fused-ring (bicyclic) bond motifs is 1. The molecule has 0 atom stereocenters. The Morgan fingerprint density at radius 1 is 1.14 bits per heavy atom. The van der Waals surface area contributed by atoms with Gasteiger partial charge in [0.15, 0.2) is 0 Å². The third kappa shape index (κ3) is 4.41. The third-order valence-electron chi connectivity index (χ3n) is 4.87. The largest absolute Gasteiger partial charge is 0.481 e. The van der Waals surface area contributed by atoms with Crippen molar-refractivity contribution in [1.82, 2.24) is 4.57 Å². The molecule has 3 aromatic rings. The lowest BCUT2D eigenvalue weighted by Gasteiger charge is -2.09. The summed E-state index contributed by atoms with van der Waals surface area (Å²) in [5, 5.41) is 9.47. The summed E-state index contributed by atoms with van der Waals surface area (Å²) >= 11 is 3.39. The maximum atomic E-state index is 13.2. The van der Waals surface area contributed by atoms with E-state index in [1.807, 2.05) is 35.9 Å². The van der Waals surface area contributed by atoms with Crippen molar-refractivity contribution in [1.29, 1.82) is 0 Å². The van der Waals surface area contributed by atoms with Gasteiger partial charge in [0.1, 0.15) is 0 Å². The van der Waals surface area contributed by atoms with Gasteiger partial charge in [-0.15, -0.1) is 0 Å². The lowest BCUT2D eigenvalue weighted by Crippen LogP contribution is -2.04. The summed E-state index contributed by atoms with van der Waals surface area (Å²) in [5.74, 6) is -0.911. The van der Waals surface area contributed by atoms with E-state index in [0.29, 0.717) is 30.2 Å². The summed E-state index contributed by atoms with van der Waals surface area (Å²) in [4.78, 5) is 10.9. The number of benzene rings is 2. The van der Waals surface area contributed by atoms with E-state index >= 15 is 0 Å². The number of aryl methyl sites for hydroxylation is 2. The fraction of sp³-hybridized carbons (Fsp3) is 0.286. The van der Waals surface area contributed by atoms with Crippen LogP contribution in [-0.2, 0) is 30.9 Å². The van der Waals surface area contributed by atoms with E-state index < -0.39 is 17.7 Å². The van der Waals surface area contributed by atoms with Gasteiger partial charge in [-0.2, -0.15) is 13.2 Å². The van der Waals surface area contributed by atoms with Crippen LogP contribution in [0.5, 0.6) is 0 Å². The van der Waals surface area contributed by atoms with Crippen molar-refractivity contribution < 1.29 is 23.1 Å². The maximum absolute atomic E-state index is 13.2. The number of halogens is 4. The number of aromatic nitrogens is 1. The molecule has 2 aromatic carbocycles. The van der Waals surface area contributed by atoms with Crippen LogP contribution in [-0.4, -0.2) is 15.6 Å². The molecular formula is C21H19BrF3NO2. The van der Waals surface area contributed by atoms with E-state index in [9.17, 15) is 18.0 Å². The number of hydrogen-bond acceptors (Lipinski definition) is 1. The van der Waals surface area contributed by atoms with E-state index in [1.165, 1.54) is 12.1 Å². The van der Waals surface area contributed by atoms with Gasteiger partial charge >= 0.3 is 12.1 Å². The molecule has 0 spiro atoms. The average molecular weight is 454 g/mol. The summed E-state index contributed by atoms with van der Waals surface area (Å²) in [6.07, 6.45) is -3.10. The van der Waals surface area contributed by atoms with Crippen LogP contribution in [0.3, 0.4) is 0 Å². The first-order chi connectivity index (χ1) is 13.2. The third-order valence-corrected chi connectivity index (χ3v) is 5.39. The van der Waals surface area contributed by atoms with Crippen molar-refractivity contribution in [2.45, 2.75) is 31.9 Å². The molecule has 0 unspecified atom stereocenters. The molecule has 1 heterocycles. The lowest BCUT2D eigenvalue weighted by atomic mass is 9.99. The number of carboxylic acids is 1. The molecule has 3 rings (SSSR count). The van der Waals surface area contributed by atoms with E-state index in [2.05, 4.69) is 15.9 Å². The Kier molecular flexibility index (Phi) is 5.84. The Hall–Kier alpha value is -2.28. The number of hydrogen-bond donors (Lipinski definition) is 1. The quantitative estimate of drug-likeness (QED) is 0.500. The van der Waals surface area contributed by atoms with Crippen LogP contribution in [0.2, 0.25) is 0 Å². The molecule has 0 aliphatic carbocycles. The van der Waals surface area contributed by atoms with Crippen LogP contribution in [0.15, 0.2) is 46.9 Å². The minimum absolute atomic E-state index is 0.0208. The second kappa shape index (κ2) is 7.99. The lowest BCUT2D eigenvalue weighted by molar-refractivity contribution is -0.138. The van der Waals surface area contributed by atoms with Crippen molar-refractivity contribution >= 4 is 32.8 Å². The molecule has 1 aromatic heterocycles. The number of carboxylic acid groups (broad SMARTS) is 1. The van der Waals surface area contributed by atoms with Gasteiger partial charge in [-0.3, -0.25) is 4.79 Å². The number of carbonyl (C=O) groups is 1. The molecule has 0 aliphatic heterocycles. The first-order valence-corrected chi connectivity index (χ1v) is 9.59. The van der Waals surface area contributed by atoms with Crippen molar-refractivity contribution in [3.05, 3.63) is 69.3 Å². The summed E-state index contributed by atoms with van der Waals surface area (Å²) in [6, 6.07) is 11.5. The predicted molar refractivity (Wildman–Crippen MR) is 105 cm³/mol. The molecule has 28 heavy (non-hydrogen) atoms. The fourth-order valence-corrected chi connectivity index (χ4v) is 3.73. The zero-order valence-electron chi connectivity index (χ0n) is 15.2. The smallest absolute Gasteiger partial charge is 0.416 e. The van der Waals surface area contributed by atoms with Gasteiger partial charge in [0, 0.05) is 41.0 Å². The average Bonchev–Trinajstić information content (AvgIpc) is 2.88. The zero-order chi connectivity index (χ0) is 20.5. The van der Waals surface area contributed by atoms with Crippen LogP contribution in [0.25, 0.3) is 10.9 Å². The predicted octanol–water partition coefficient (Wildman–Crippen LogP) is 5.96. The minimum atomic E-state index is -4.42. The Balaban J connectivity index is 2.09. The Labute approximate surface area is 168 Å². The van der Waals surface area contributed by atoms with Crippen molar-refractivity contribution in [3.63, 3.8) is 0 Å². The van der Waals surface area contributed by atoms with Gasteiger partial charge in [-0.05, 0) is 54.3 Å². The highest BCUT2D eigenvalue weighted by atomic mass is 79.9. The highest BCUT2D eigenvalue weighted by Crippen LogP contribution is 2.35. The van der Waals surface area contributed by atoms with Gasteiger partial charge in [-0.1, -0.05) is 28.1 Å². The topological polar surface area (TPSA) is 42.2 Å². The van der Waals surface area contributed by atoms with Crippen LogP contribution in [0.1, 0.15) is 35.2 Å². The first-order valence-electron chi connectivity index (χ1n) is 8.80. The molecule has 0 saturated heterocycles. The van der Waals surface area contributed by atoms with Crippen molar-refractivity contribution in [2.75, 3.05) is 0 Å². The Morgan fingerprint density at radius 3 is 2.43 bits per heavy atom. The molecule has 148 valence electrons. The monoisotopic (exact) mass is 453 g/mol. The Morgan fingerprint density at radius 2 is 1.82 bits per heavy atom. The minimum Gasteiger partial charge on any atom is -0.481 e. The molecule has 0 fully saturated rings. The first kappa shape index (κ1) is 20.5. The summed E-state index contributed by atoms with van der Waals surface area (Å²) in [5.41, 5.74) is 2.74. The molecule has 1 N–H and O–H groups in total. The molecule has 0 radical (unpaired) electrons. The van der Waals surface area contributed by atoms with E-state index in [4.69, 9.17) is 5.11 Å². The van der Waals surface area contributed by atoms with Crippen LogP contribution in [0.4, 0.5) is 13.2 Å². The van der Waals surface area contributed by atoms with E-state index in [1.54, 1.807) is 0 Å². The van der Waals surface area contributed by atoms with Gasteiger partial charge in [-0.25, -0.2) is 0 Å². The number of aliphatic carboxylic acids is 1. The van der Waals surface area contributed by atoms with E-state index in [-0.39, 0.29) is 6.42 Å². The fourth-order valence-electron chi connectivity index (χ4n) is 3.47. The van der Waals surface area contributed by atoms with Crippen molar-refractivity contribution in [2.24, 2.45) is 7.05 Å². The van der Waals surface area contributed by atoms with Crippen LogP contribution in [0, 0.1) is 0 Å². The van der Waals surface area contributed by atoms with Crippen LogP contribution >= 0.6 is 15.9 Å². The highest BCUT2D eigenvalue weighted by molar-refractivity contribution is 9.10. The van der Waals surface area contributed by atoms with Crippen LogP contribution < -0.4 is 0 Å². The van der Waals surface area contributed by atoms with Gasteiger partial charge < -0.3 is 9.67 Å². The zero-order valence-corrected chi connectivity index (χ0v) is 16.8. The summed E-state index contributed by atoms with van der Waals surface area (Å²) in [7, 11) is 1.84. The molecule has 0 amide bonds. The standard InChI is InChI=1S/C21H19BrF3NO2/c1-26-18-10-7-14(21(23,24)25)12-17(18)16(3-2-4-20(27)28)19(26)11-13-5-8-15(22)9-6-13/h5-10,12H,2-4,11H2,1H3,(H,27,28). The maximum Gasteiger partial charge on any atom is 0.416 e. The van der Waals surface area contributed by atoms with Gasteiger partial charge in [0.2, 0.25) is 0 Å². The Bertz CT molecular complexity index is 1010. The molecule has 0 saturated carbocycles.